The Kier molecular flexibility index (Phi) is 4.36. The monoisotopic (exact) mass is 384 g/mol. The zero-order valence-corrected chi connectivity index (χ0v) is 15.4. The zero-order chi connectivity index (χ0) is 19.1. The van der Waals surface area contributed by atoms with E-state index in [2.05, 4.69) is 5.32 Å². The number of benzene rings is 2. The Morgan fingerprint density at radius 1 is 1.11 bits per heavy atom. The maximum absolute atomic E-state index is 12.9. The molecule has 0 aliphatic carbocycles. The number of nitrogens with zero attached hydrogens (tertiary/aromatic N) is 1. The van der Waals surface area contributed by atoms with Gasteiger partial charge in [0.2, 0.25) is 11.8 Å². The Morgan fingerprint density at radius 2 is 1.89 bits per heavy atom. The highest BCUT2D eigenvalue weighted by Crippen LogP contribution is 2.39. The van der Waals surface area contributed by atoms with Gasteiger partial charge < -0.3 is 9.64 Å². The summed E-state index contributed by atoms with van der Waals surface area (Å²) in [5, 5.41) is 2.88. The summed E-state index contributed by atoms with van der Waals surface area (Å²) in [6.45, 7) is 0.308. The maximum atomic E-state index is 12.9. The first-order valence-electron chi connectivity index (χ1n) is 8.60. The van der Waals surface area contributed by atoms with Crippen LogP contribution in [0.4, 0.5) is 0 Å². The van der Waals surface area contributed by atoms with Crippen LogP contribution < -0.4 is 10.1 Å². The van der Waals surface area contributed by atoms with Crippen molar-refractivity contribution in [3.8, 4) is 16.9 Å². The van der Waals surface area contributed by atoms with Gasteiger partial charge in [0, 0.05) is 29.1 Å². The largest absolute Gasteiger partial charge is 0.496 e. The lowest BCUT2D eigenvalue weighted by molar-refractivity contribution is -0.136. The number of carbonyl (C=O) groups excluding carboxylic acids is 3. The minimum absolute atomic E-state index is 0.200. The van der Waals surface area contributed by atoms with Gasteiger partial charge in [-0.1, -0.05) is 23.7 Å². The fourth-order valence-corrected chi connectivity index (χ4v) is 3.89. The molecule has 1 atom stereocenters. The first-order chi connectivity index (χ1) is 13.0. The summed E-state index contributed by atoms with van der Waals surface area (Å²) in [6, 6.07) is 10.2. The summed E-state index contributed by atoms with van der Waals surface area (Å²) in [5.41, 5.74) is 3.10. The molecule has 7 heteroatoms. The third-order valence-electron chi connectivity index (χ3n) is 5.04. The van der Waals surface area contributed by atoms with E-state index in [-0.39, 0.29) is 18.2 Å². The van der Waals surface area contributed by atoms with Crippen molar-refractivity contribution in [3.63, 3.8) is 0 Å². The van der Waals surface area contributed by atoms with Crippen LogP contribution in [0.15, 0.2) is 36.4 Å². The third kappa shape index (κ3) is 2.96. The fourth-order valence-electron chi connectivity index (χ4n) is 3.73. The van der Waals surface area contributed by atoms with E-state index in [1.165, 1.54) is 0 Å². The number of nitrogens with one attached hydrogen (secondary N) is 1. The summed E-state index contributed by atoms with van der Waals surface area (Å²) >= 11 is 6.06. The number of carbonyl (C=O) groups is 3. The van der Waals surface area contributed by atoms with E-state index < -0.39 is 11.9 Å². The third-order valence-corrected chi connectivity index (χ3v) is 5.27. The zero-order valence-electron chi connectivity index (χ0n) is 14.6. The minimum atomic E-state index is -0.637. The average molecular weight is 385 g/mol. The predicted octanol–water partition coefficient (Wildman–Crippen LogP) is 2.78. The molecule has 3 amide bonds. The number of ether oxygens (including phenoxy) is 1. The Labute approximate surface area is 161 Å². The highest BCUT2D eigenvalue weighted by molar-refractivity contribution is 6.30. The van der Waals surface area contributed by atoms with Crippen molar-refractivity contribution in [1.82, 2.24) is 10.2 Å². The number of hydrogen-bond donors (Lipinski definition) is 1. The van der Waals surface area contributed by atoms with E-state index in [1.54, 1.807) is 30.2 Å². The van der Waals surface area contributed by atoms with Crippen molar-refractivity contribution in [2.45, 2.75) is 25.4 Å². The van der Waals surface area contributed by atoms with Crippen molar-refractivity contribution in [2.75, 3.05) is 7.11 Å². The predicted molar refractivity (Wildman–Crippen MR) is 99.5 cm³/mol. The number of methoxy groups -OCH3 is 1. The topological polar surface area (TPSA) is 75.7 Å². The maximum Gasteiger partial charge on any atom is 0.255 e. The van der Waals surface area contributed by atoms with E-state index in [9.17, 15) is 14.4 Å². The molecular weight excluding hydrogens is 368 g/mol. The van der Waals surface area contributed by atoms with E-state index >= 15 is 0 Å². The second-order valence-electron chi connectivity index (χ2n) is 6.58. The molecule has 2 aromatic rings. The van der Waals surface area contributed by atoms with Crippen LogP contribution in [0.25, 0.3) is 11.1 Å². The van der Waals surface area contributed by atoms with Gasteiger partial charge in [-0.2, -0.15) is 0 Å². The molecule has 2 aliphatic heterocycles. The van der Waals surface area contributed by atoms with Gasteiger partial charge >= 0.3 is 0 Å². The summed E-state index contributed by atoms with van der Waals surface area (Å²) in [5.74, 6) is -0.304. The quantitative estimate of drug-likeness (QED) is 0.825. The smallest absolute Gasteiger partial charge is 0.255 e. The van der Waals surface area contributed by atoms with Crippen molar-refractivity contribution < 1.29 is 19.1 Å². The average Bonchev–Trinajstić information content (AvgIpc) is 2.98. The van der Waals surface area contributed by atoms with Gasteiger partial charge in [0.1, 0.15) is 11.8 Å². The molecule has 27 heavy (non-hydrogen) atoms. The Bertz CT molecular complexity index is 972. The van der Waals surface area contributed by atoms with E-state index in [0.717, 1.165) is 16.7 Å². The molecule has 6 nitrogen and oxygen atoms in total. The first-order valence-corrected chi connectivity index (χ1v) is 8.98. The highest BCUT2D eigenvalue weighted by atomic mass is 35.5. The Balaban J connectivity index is 1.74. The molecule has 0 radical (unpaired) electrons. The molecule has 1 saturated heterocycles. The summed E-state index contributed by atoms with van der Waals surface area (Å²) in [7, 11) is 1.57. The van der Waals surface area contributed by atoms with Gasteiger partial charge in [-0.15, -0.1) is 0 Å². The Morgan fingerprint density at radius 3 is 2.63 bits per heavy atom. The number of hydrogen-bond acceptors (Lipinski definition) is 4. The number of imide groups is 1. The SMILES string of the molecule is COc1cc(Cl)ccc1-c1cccc2c1CN(C1CCC(=O)NC1=O)C2=O. The van der Waals surface area contributed by atoms with Crippen LogP contribution in [-0.2, 0) is 16.1 Å². The van der Waals surface area contributed by atoms with Crippen LogP contribution in [0.1, 0.15) is 28.8 Å². The molecule has 0 bridgehead atoms. The molecule has 1 unspecified atom stereocenters. The van der Waals surface area contributed by atoms with Gasteiger partial charge in [-0.3, -0.25) is 19.7 Å². The number of amides is 3. The minimum Gasteiger partial charge on any atom is -0.496 e. The van der Waals surface area contributed by atoms with Gasteiger partial charge in [-0.05, 0) is 41.8 Å². The van der Waals surface area contributed by atoms with Crippen LogP contribution in [-0.4, -0.2) is 35.8 Å². The number of halogens is 1. The van der Waals surface area contributed by atoms with Crippen LogP contribution >= 0.6 is 11.6 Å². The number of piperidine rings is 1. The van der Waals surface area contributed by atoms with Gasteiger partial charge in [0.15, 0.2) is 0 Å². The highest BCUT2D eigenvalue weighted by Gasteiger charge is 2.40. The lowest BCUT2D eigenvalue weighted by Gasteiger charge is -2.29. The number of fused-ring (bicyclic) bond motifs is 1. The van der Waals surface area contributed by atoms with Crippen LogP contribution in [0.3, 0.4) is 0 Å². The van der Waals surface area contributed by atoms with Crippen molar-refractivity contribution in [1.29, 1.82) is 0 Å². The van der Waals surface area contributed by atoms with Crippen LogP contribution in [0.2, 0.25) is 5.02 Å². The van der Waals surface area contributed by atoms with Crippen molar-refractivity contribution >= 4 is 29.3 Å². The molecule has 0 spiro atoms. The van der Waals surface area contributed by atoms with Crippen molar-refractivity contribution in [3.05, 3.63) is 52.5 Å². The van der Waals surface area contributed by atoms with E-state index in [1.807, 2.05) is 18.2 Å². The molecule has 1 fully saturated rings. The molecule has 138 valence electrons. The van der Waals surface area contributed by atoms with Crippen LogP contribution in [0, 0.1) is 0 Å². The molecule has 2 aromatic carbocycles. The molecule has 4 rings (SSSR count). The molecular formula is C20H17ClN2O4. The molecule has 2 aliphatic rings. The molecule has 2 heterocycles. The Hall–Kier alpha value is -2.86. The van der Waals surface area contributed by atoms with Gasteiger partial charge in [0.05, 0.1) is 7.11 Å². The van der Waals surface area contributed by atoms with E-state index in [4.69, 9.17) is 16.3 Å². The van der Waals surface area contributed by atoms with Crippen LogP contribution in [0.5, 0.6) is 5.75 Å². The van der Waals surface area contributed by atoms with Gasteiger partial charge in [-0.25, -0.2) is 0 Å². The summed E-state index contributed by atoms with van der Waals surface area (Å²) in [6.07, 6.45) is 0.568. The normalized spacial score (nSPS) is 19.1. The second-order valence-corrected chi connectivity index (χ2v) is 7.01. The number of rotatable bonds is 3. The molecule has 0 aromatic heterocycles. The second kappa shape index (κ2) is 6.70. The summed E-state index contributed by atoms with van der Waals surface area (Å²) in [4.78, 5) is 38.1. The fraction of sp³-hybridized carbons (Fsp3) is 0.250. The first kappa shape index (κ1) is 17.5. The van der Waals surface area contributed by atoms with Gasteiger partial charge in [0.25, 0.3) is 5.91 Å². The molecule has 1 N–H and O–H groups in total. The standard InChI is InChI=1S/C20H17ClN2O4/c1-27-17-9-11(21)5-6-13(17)12-3-2-4-14-15(12)10-23(20(14)26)16-7-8-18(24)22-19(16)25/h2-6,9,16H,7-8,10H2,1H3,(H,22,24,25). The van der Waals surface area contributed by atoms with E-state index in [0.29, 0.717) is 29.3 Å². The lowest BCUT2D eigenvalue weighted by Crippen LogP contribution is -2.52. The lowest BCUT2D eigenvalue weighted by atomic mass is 9.96. The van der Waals surface area contributed by atoms with Crippen molar-refractivity contribution in [2.24, 2.45) is 0 Å². The molecule has 0 saturated carbocycles. The summed E-state index contributed by atoms with van der Waals surface area (Å²) < 4.78 is 5.45.